The number of rotatable bonds is 6. The predicted octanol–water partition coefficient (Wildman–Crippen LogP) is 4.04. The number of allylic oxidation sites excluding steroid dienone is 2. The van der Waals surface area contributed by atoms with Gasteiger partial charge in [-0.3, -0.25) is 20.2 Å². The molecule has 134 valence electrons. The molecule has 2 atom stereocenters. The summed E-state index contributed by atoms with van der Waals surface area (Å²) in [6, 6.07) is 2.80. The number of nitrogens with zero attached hydrogens (tertiary/aromatic N) is 2. The molecule has 1 aliphatic rings. The van der Waals surface area contributed by atoms with Gasteiger partial charge in [0.05, 0.1) is 28.1 Å². The normalized spacial score (nSPS) is 18.2. The maximum absolute atomic E-state index is 12.2. The second-order valence-corrected chi connectivity index (χ2v) is 6.41. The molecule has 0 saturated heterocycles. The Labute approximate surface area is 144 Å². The van der Waals surface area contributed by atoms with E-state index < -0.39 is 27.2 Å². The lowest BCUT2D eigenvalue weighted by atomic mass is 9.82. The Balaban J connectivity index is 2.05. The molecule has 0 aromatic heterocycles. The van der Waals surface area contributed by atoms with Crippen LogP contribution in [0.15, 0.2) is 29.8 Å². The minimum Gasteiger partial charge on any atom is -0.462 e. The van der Waals surface area contributed by atoms with Gasteiger partial charge in [-0.15, -0.1) is 0 Å². The van der Waals surface area contributed by atoms with Gasteiger partial charge in [-0.05, 0) is 38.0 Å². The fourth-order valence-electron chi connectivity index (χ4n) is 2.85. The Kier molecular flexibility index (Phi) is 5.84. The molecule has 1 aliphatic carbocycles. The number of non-ortho nitro benzene ring substituents is 2. The van der Waals surface area contributed by atoms with Crippen molar-refractivity contribution in [2.75, 3.05) is 6.61 Å². The molecule has 0 unspecified atom stereocenters. The fraction of sp³-hybridized carbons (Fsp3) is 0.471. The second kappa shape index (κ2) is 7.87. The molecule has 0 N–H and O–H groups in total. The van der Waals surface area contributed by atoms with E-state index in [1.165, 1.54) is 5.57 Å². The zero-order valence-corrected chi connectivity index (χ0v) is 14.1. The highest BCUT2D eigenvalue weighted by Gasteiger charge is 2.23. The average Bonchev–Trinajstić information content (AvgIpc) is 2.59. The van der Waals surface area contributed by atoms with Gasteiger partial charge in [0.2, 0.25) is 0 Å². The molecule has 0 aliphatic heterocycles. The number of carbonyl (C=O) groups excluding carboxylic acids is 1. The van der Waals surface area contributed by atoms with Gasteiger partial charge in [0, 0.05) is 12.1 Å². The van der Waals surface area contributed by atoms with E-state index in [2.05, 4.69) is 13.0 Å². The number of benzene rings is 1. The molecule has 8 heteroatoms. The SMILES string of the molecule is CC1=CC[C@H]([C@@H](C)COC(=O)c2cc([N+](=O)[O-])cc([N+](=O)[O-])c2)CC1. The van der Waals surface area contributed by atoms with E-state index >= 15 is 0 Å². The van der Waals surface area contributed by atoms with E-state index in [1.54, 1.807) is 0 Å². The molecule has 25 heavy (non-hydrogen) atoms. The Morgan fingerprint density at radius 3 is 2.32 bits per heavy atom. The third kappa shape index (κ3) is 4.85. The van der Waals surface area contributed by atoms with Gasteiger partial charge in [0.25, 0.3) is 11.4 Å². The summed E-state index contributed by atoms with van der Waals surface area (Å²) in [7, 11) is 0. The Hall–Kier alpha value is -2.77. The van der Waals surface area contributed by atoms with Gasteiger partial charge in [-0.25, -0.2) is 4.79 Å². The van der Waals surface area contributed by atoms with E-state index in [-0.39, 0.29) is 18.1 Å². The minimum absolute atomic E-state index is 0.141. The zero-order valence-electron chi connectivity index (χ0n) is 14.1. The van der Waals surface area contributed by atoms with Crippen LogP contribution in [0, 0.1) is 32.1 Å². The maximum atomic E-state index is 12.2. The standard InChI is InChI=1S/C17H20N2O6/c1-11-3-5-13(6-4-11)12(2)10-25-17(20)14-7-15(18(21)22)9-16(8-14)19(23)24/h3,7-9,12-13H,4-6,10H2,1-2H3/t12-,13-/m0/s1. The average molecular weight is 348 g/mol. The van der Waals surface area contributed by atoms with Crippen LogP contribution in [0.5, 0.6) is 0 Å². The monoisotopic (exact) mass is 348 g/mol. The number of nitro benzene ring substituents is 2. The fourth-order valence-corrected chi connectivity index (χ4v) is 2.85. The van der Waals surface area contributed by atoms with E-state index in [9.17, 15) is 25.0 Å². The topological polar surface area (TPSA) is 113 Å². The van der Waals surface area contributed by atoms with E-state index in [1.807, 2.05) is 6.92 Å². The summed E-state index contributed by atoms with van der Waals surface area (Å²) in [4.78, 5) is 32.4. The van der Waals surface area contributed by atoms with Gasteiger partial charge in [0.1, 0.15) is 0 Å². The number of ether oxygens (including phenoxy) is 1. The van der Waals surface area contributed by atoms with Crippen LogP contribution in [-0.2, 0) is 4.74 Å². The third-order valence-corrected chi connectivity index (χ3v) is 4.52. The van der Waals surface area contributed by atoms with Crippen LogP contribution in [0.25, 0.3) is 0 Å². The van der Waals surface area contributed by atoms with Crippen molar-refractivity contribution in [2.45, 2.75) is 33.1 Å². The highest BCUT2D eigenvalue weighted by atomic mass is 16.6. The first-order valence-electron chi connectivity index (χ1n) is 8.04. The summed E-state index contributed by atoms with van der Waals surface area (Å²) in [5.41, 5.74) is 0.154. The summed E-state index contributed by atoms with van der Waals surface area (Å²) in [6.07, 6.45) is 5.19. The minimum atomic E-state index is -0.791. The van der Waals surface area contributed by atoms with Crippen LogP contribution >= 0.6 is 0 Å². The number of hydrogen-bond acceptors (Lipinski definition) is 6. The molecule has 0 heterocycles. The largest absolute Gasteiger partial charge is 0.462 e. The summed E-state index contributed by atoms with van der Waals surface area (Å²) >= 11 is 0. The summed E-state index contributed by atoms with van der Waals surface area (Å²) in [5.74, 6) is -0.237. The van der Waals surface area contributed by atoms with E-state index in [4.69, 9.17) is 4.74 Å². The van der Waals surface area contributed by atoms with Crippen molar-refractivity contribution in [1.82, 2.24) is 0 Å². The van der Waals surface area contributed by atoms with Crippen molar-refractivity contribution in [3.63, 3.8) is 0 Å². The number of nitro groups is 2. The van der Waals surface area contributed by atoms with Crippen LogP contribution < -0.4 is 0 Å². The molecule has 1 aromatic carbocycles. The maximum Gasteiger partial charge on any atom is 0.338 e. The molecule has 0 radical (unpaired) electrons. The number of carbonyl (C=O) groups is 1. The lowest BCUT2D eigenvalue weighted by Gasteiger charge is -2.26. The summed E-state index contributed by atoms with van der Waals surface area (Å²) in [6.45, 7) is 4.26. The predicted molar refractivity (Wildman–Crippen MR) is 90.3 cm³/mol. The molecule has 8 nitrogen and oxygen atoms in total. The molecule has 0 saturated carbocycles. The molecule has 0 fully saturated rings. The summed E-state index contributed by atoms with van der Waals surface area (Å²) in [5, 5.41) is 21.8. The van der Waals surface area contributed by atoms with Crippen LogP contribution in [0.3, 0.4) is 0 Å². The number of esters is 1. The summed E-state index contributed by atoms with van der Waals surface area (Å²) < 4.78 is 5.23. The molecule has 0 spiro atoms. The first-order chi connectivity index (χ1) is 11.8. The van der Waals surface area contributed by atoms with Crippen molar-refractivity contribution in [1.29, 1.82) is 0 Å². The Morgan fingerprint density at radius 2 is 1.84 bits per heavy atom. The van der Waals surface area contributed by atoms with Gasteiger partial charge >= 0.3 is 5.97 Å². The van der Waals surface area contributed by atoms with Crippen molar-refractivity contribution in [2.24, 2.45) is 11.8 Å². The van der Waals surface area contributed by atoms with Gasteiger partial charge in [0.15, 0.2) is 0 Å². The Morgan fingerprint density at radius 1 is 1.24 bits per heavy atom. The molecule has 1 aromatic rings. The van der Waals surface area contributed by atoms with Crippen molar-refractivity contribution < 1.29 is 19.4 Å². The highest BCUT2D eigenvalue weighted by Crippen LogP contribution is 2.29. The van der Waals surface area contributed by atoms with Crippen molar-refractivity contribution in [3.05, 3.63) is 55.6 Å². The van der Waals surface area contributed by atoms with Crippen molar-refractivity contribution in [3.8, 4) is 0 Å². The van der Waals surface area contributed by atoms with Crippen LogP contribution in [0.1, 0.15) is 43.5 Å². The zero-order chi connectivity index (χ0) is 18.6. The van der Waals surface area contributed by atoms with E-state index in [0.29, 0.717) is 5.92 Å². The third-order valence-electron chi connectivity index (χ3n) is 4.52. The van der Waals surface area contributed by atoms with Crippen LogP contribution in [0.4, 0.5) is 11.4 Å². The molecular formula is C17H20N2O6. The first kappa shape index (κ1) is 18.6. The van der Waals surface area contributed by atoms with Gasteiger partial charge < -0.3 is 4.74 Å². The van der Waals surface area contributed by atoms with Gasteiger partial charge in [-0.2, -0.15) is 0 Å². The molecule has 0 amide bonds. The smallest absolute Gasteiger partial charge is 0.338 e. The Bertz CT molecular complexity index is 696. The molecular weight excluding hydrogens is 328 g/mol. The second-order valence-electron chi connectivity index (χ2n) is 6.41. The van der Waals surface area contributed by atoms with Crippen molar-refractivity contribution >= 4 is 17.3 Å². The number of hydrogen-bond donors (Lipinski definition) is 0. The molecule has 2 rings (SSSR count). The van der Waals surface area contributed by atoms with Crippen LogP contribution in [-0.4, -0.2) is 22.4 Å². The lowest BCUT2D eigenvalue weighted by Crippen LogP contribution is -2.21. The van der Waals surface area contributed by atoms with Gasteiger partial charge in [-0.1, -0.05) is 18.6 Å². The highest BCUT2D eigenvalue weighted by molar-refractivity contribution is 5.91. The first-order valence-corrected chi connectivity index (χ1v) is 8.04. The van der Waals surface area contributed by atoms with E-state index in [0.717, 1.165) is 37.5 Å². The lowest BCUT2D eigenvalue weighted by molar-refractivity contribution is -0.394. The van der Waals surface area contributed by atoms with Crippen LogP contribution in [0.2, 0.25) is 0 Å². The molecule has 0 bridgehead atoms. The quantitative estimate of drug-likeness (QED) is 0.332.